The van der Waals surface area contributed by atoms with Gasteiger partial charge >= 0.3 is 0 Å². The van der Waals surface area contributed by atoms with E-state index in [0.29, 0.717) is 17.2 Å². The predicted octanol–water partition coefficient (Wildman–Crippen LogP) is 1.50. The molecule has 1 aliphatic heterocycles. The van der Waals surface area contributed by atoms with E-state index in [1.54, 1.807) is 42.7 Å². The van der Waals surface area contributed by atoms with E-state index in [0.717, 1.165) is 5.69 Å². The molecule has 18 heavy (non-hydrogen) atoms. The molecule has 0 bridgehead atoms. The molecule has 0 atom stereocenters. The lowest BCUT2D eigenvalue weighted by atomic mass is 10.1. The van der Waals surface area contributed by atoms with Crippen molar-refractivity contribution in [2.75, 3.05) is 11.9 Å². The second kappa shape index (κ2) is 3.69. The van der Waals surface area contributed by atoms with Crippen LogP contribution in [0.15, 0.2) is 43.1 Å². The van der Waals surface area contributed by atoms with Gasteiger partial charge in [0, 0.05) is 19.4 Å². The lowest BCUT2D eigenvalue weighted by molar-refractivity contribution is 0.0827. The fourth-order valence-corrected chi connectivity index (χ4v) is 1.95. The Bertz CT molecular complexity index is 619. The smallest absolute Gasteiger partial charge is 0.262 e. The van der Waals surface area contributed by atoms with Gasteiger partial charge in [0.1, 0.15) is 5.82 Å². The van der Waals surface area contributed by atoms with E-state index in [9.17, 15) is 4.79 Å². The average molecular weight is 241 g/mol. The van der Waals surface area contributed by atoms with Crippen LogP contribution in [0.4, 0.5) is 11.5 Å². The van der Waals surface area contributed by atoms with Crippen LogP contribution in [0.5, 0.6) is 0 Å². The number of anilines is 2. The Morgan fingerprint density at radius 1 is 1.44 bits per heavy atom. The highest BCUT2D eigenvalue weighted by Crippen LogP contribution is 2.35. The molecule has 1 aliphatic rings. The largest absolute Gasteiger partial charge is 0.297 e. The van der Waals surface area contributed by atoms with Crippen molar-refractivity contribution < 1.29 is 4.79 Å². The molecule has 2 aromatic rings. The zero-order valence-corrected chi connectivity index (χ0v) is 9.79. The Morgan fingerprint density at radius 3 is 3.00 bits per heavy atom. The highest BCUT2D eigenvalue weighted by atomic mass is 16.2. The summed E-state index contributed by atoms with van der Waals surface area (Å²) in [6.45, 7) is 3.93. The van der Waals surface area contributed by atoms with Gasteiger partial charge in [0.2, 0.25) is 0 Å². The van der Waals surface area contributed by atoms with Crippen molar-refractivity contribution in [2.24, 2.45) is 0 Å². The van der Waals surface area contributed by atoms with Crippen molar-refractivity contribution in [1.82, 2.24) is 20.1 Å². The number of hydrogen-bond acceptors (Lipinski definition) is 4. The molecule has 6 heteroatoms. The number of pyridine rings is 1. The lowest BCUT2D eigenvalue weighted by Crippen LogP contribution is -2.40. The summed E-state index contributed by atoms with van der Waals surface area (Å²) in [5, 5.41) is 6.65. The maximum Gasteiger partial charge on any atom is 0.262 e. The lowest BCUT2D eigenvalue weighted by Gasteiger charge is -2.35. The summed E-state index contributed by atoms with van der Waals surface area (Å²) in [5.41, 5.74) is 1.34. The summed E-state index contributed by atoms with van der Waals surface area (Å²) in [5.74, 6) is 1.02. The van der Waals surface area contributed by atoms with Crippen LogP contribution in [0, 0.1) is 0 Å². The number of hydrogen-bond donors (Lipinski definition) is 1. The fourth-order valence-electron chi connectivity index (χ4n) is 1.95. The van der Waals surface area contributed by atoms with E-state index in [4.69, 9.17) is 0 Å². The first-order valence-electron chi connectivity index (χ1n) is 5.41. The number of aromatic nitrogens is 3. The van der Waals surface area contributed by atoms with Crippen LogP contribution in [-0.2, 0) is 0 Å². The zero-order valence-electron chi connectivity index (χ0n) is 9.79. The first-order chi connectivity index (χ1) is 8.70. The molecule has 3 heterocycles. The maximum atomic E-state index is 12.1. The van der Waals surface area contributed by atoms with E-state index in [1.165, 1.54) is 4.90 Å². The first kappa shape index (κ1) is 10.5. The quantitative estimate of drug-likeness (QED) is 0.821. The topological polar surface area (TPSA) is 65.1 Å². The molecule has 0 radical (unpaired) electrons. The molecule has 0 aromatic carbocycles. The monoisotopic (exact) mass is 241 g/mol. The van der Waals surface area contributed by atoms with Gasteiger partial charge in [-0.1, -0.05) is 6.58 Å². The van der Waals surface area contributed by atoms with Crippen LogP contribution < -0.4 is 4.90 Å². The first-order valence-corrected chi connectivity index (χ1v) is 5.41. The van der Waals surface area contributed by atoms with Gasteiger partial charge in [-0.05, 0) is 12.1 Å². The molecule has 0 saturated heterocycles. The summed E-state index contributed by atoms with van der Waals surface area (Å²) < 4.78 is 0. The van der Waals surface area contributed by atoms with Crippen LogP contribution >= 0.6 is 0 Å². The number of nitrogens with zero attached hydrogens (tertiary/aromatic N) is 4. The second-order valence-electron chi connectivity index (χ2n) is 3.95. The Balaban J connectivity index is 2.22. The van der Waals surface area contributed by atoms with Gasteiger partial charge in [0.25, 0.3) is 5.91 Å². The van der Waals surface area contributed by atoms with E-state index in [2.05, 4.69) is 21.8 Å². The standard InChI is InChI=1S/C12H11N5O/c1-8-16(2)12(18)10-4-3-5-13-11(10)17(8)9-6-14-15-7-9/h3-7H,1H2,2H3,(H,14,15). The third-order valence-electron chi connectivity index (χ3n) is 2.92. The minimum atomic E-state index is -0.108. The molecule has 0 unspecified atom stereocenters. The van der Waals surface area contributed by atoms with Gasteiger partial charge in [0.15, 0.2) is 5.82 Å². The summed E-state index contributed by atoms with van der Waals surface area (Å²) in [6.07, 6.45) is 5.04. The average Bonchev–Trinajstić information content (AvgIpc) is 2.90. The second-order valence-corrected chi connectivity index (χ2v) is 3.95. The SMILES string of the molecule is C=C1N(C)C(=O)c2cccnc2N1c1cn[nH]c1. The van der Waals surface area contributed by atoms with E-state index in [1.807, 2.05) is 0 Å². The van der Waals surface area contributed by atoms with Gasteiger partial charge in [-0.25, -0.2) is 4.98 Å². The van der Waals surface area contributed by atoms with Crippen molar-refractivity contribution in [2.45, 2.75) is 0 Å². The molecule has 6 nitrogen and oxygen atoms in total. The third-order valence-corrected chi connectivity index (χ3v) is 2.92. The molecule has 0 aliphatic carbocycles. The molecule has 2 aromatic heterocycles. The van der Waals surface area contributed by atoms with Crippen LogP contribution in [0.2, 0.25) is 0 Å². The normalized spacial score (nSPS) is 14.9. The summed E-state index contributed by atoms with van der Waals surface area (Å²) >= 11 is 0. The minimum Gasteiger partial charge on any atom is -0.297 e. The van der Waals surface area contributed by atoms with Crippen molar-refractivity contribution in [3.8, 4) is 0 Å². The Hall–Kier alpha value is -2.63. The molecule has 1 amide bonds. The molecule has 0 spiro atoms. The number of nitrogens with one attached hydrogen (secondary N) is 1. The van der Waals surface area contributed by atoms with Gasteiger partial charge in [0.05, 0.1) is 17.4 Å². The van der Waals surface area contributed by atoms with Crippen molar-refractivity contribution in [3.05, 3.63) is 48.7 Å². The van der Waals surface area contributed by atoms with Crippen LogP contribution in [-0.4, -0.2) is 33.0 Å². The minimum absolute atomic E-state index is 0.108. The third kappa shape index (κ3) is 1.32. The number of aromatic amines is 1. The van der Waals surface area contributed by atoms with Crippen molar-refractivity contribution in [1.29, 1.82) is 0 Å². The Kier molecular flexibility index (Phi) is 2.16. The highest BCUT2D eigenvalue weighted by molar-refractivity contribution is 6.03. The highest BCUT2D eigenvalue weighted by Gasteiger charge is 2.32. The molecular formula is C12H11N5O. The molecule has 90 valence electrons. The maximum absolute atomic E-state index is 12.1. The number of carbonyl (C=O) groups excluding carboxylic acids is 1. The van der Waals surface area contributed by atoms with Crippen LogP contribution in [0.1, 0.15) is 10.4 Å². The number of carbonyl (C=O) groups is 1. The number of fused-ring (bicyclic) bond motifs is 1. The van der Waals surface area contributed by atoms with Crippen LogP contribution in [0.25, 0.3) is 0 Å². The van der Waals surface area contributed by atoms with E-state index >= 15 is 0 Å². The number of rotatable bonds is 1. The van der Waals surface area contributed by atoms with Crippen molar-refractivity contribution >= 4 is 17.4 Å². The van der Waals surface area contributed by atoms with Crippen LogP contribution in [0.3, 0.4) is 0 Å². The number of H-pyrrole nitrogens is 1. The molecule has 3 rings (SSSR count). The van der Waals surface area contributed by atoms with Crippen molar-refractivity contribution in [3.63, 3.8) is 0 Å². The summed E-state index contributed by atoms with van der Waals surface area (Å²) in [7, 11) is 1.69. The van der Waals surface area contributed by atoms with E-state index in [-0.39, 0.29) is 5.91 Å². The Morgan fingerprint density at radius 2 is 2.28 bits per heavy atom. The molecule has 0 fully saturated rings. The molecule has 0 saturated carbocycles. The summed E-state index contributed by atoms with van der Waals surface area (Å²) in [4.78, 5) is 19.7. The fraction of sp³-hybridized carbons (Fsp3) is 0.0833. The van der Waals surface area contributed by atoms with Gasteiger partial charge in [-0.2, -0.15) is 5.10 Å². The van der Waals surface area contributed by atoms with Gasteiger partial charge in [-0.15, -0.1) is 0 Å². The van der Waals surface area contributed by atoms with E-state index < -0.39 is 0 Å². The van der Waals surface area contributed by atoms with Gasteiger partial charge in [-0.3, -0.25) is 19.7 Å². The molecule has 1 N–H and O–H groups in total. The number of amides is 1. The molecular weight excluding hydrogens is 230 g/mol. The zero-order chi connectivity index (χ0) is 12.7. The summed E-state index contributed by atoms with van der Waals surface area (Å²) in [6, 6.07) is 3.49. The van der Waals surface area contributed by atoms with Gasteiger partial charge < -0.3 is 0 Å². The predicted molar refractivity (Wildman–Crippen MR) is 66.2 cm³/mol. The Labute approximate surface area is 104 Å².